The maximum atomic E-state index is 13.4. The van der Waals surface area contributed by atoms with Crippen molar-refractivity contribution in [2.75, 3.05) is 13.1 Å². The number of nitrogens with zero attached hydrogens (tertiary/aromatic N) is 1. The minimum Gasteiger partial charge on any atom is -0.344 e. The maximum absolute atomic E-state index is 13.4. The van der Waals surface area contributed by atoms with Crippen LogP contribution in [0.1, 0.15) is 78.1 Å². The van der Waals surface area contributed by atoms with Crippen molar-refractivity contribution in [3.05, 3.63) is 0 Å². The lowest BCUT2D eigenvalue weighted by atomic mass is 9.49. The van der Waals surface area contributed by atoms with Crippen LogP contribution >= 0.6 is 0 Å². The Bertz CT molecular complexity index is 515. The number of nitrogens with one attached hydrogen (secondary N) is 1. The number of carbonyl (C=O) groups is 2. The van der Waals surface area contributed by atoms with Crippen LogP contribution in [0.25, 0.3) is 0 Å². The molecule has 1 N–H and O–H groups in total. The van der Waals surface area contributed by atoms with Gasteiger partial charge in [-0.3, -0.25) is 9.59 Å². The van der Waals surface area contributed by atoms with E-state index in [9.17, 15) is 9.59 Å². The molecule has 26 heavy (non-hydrogen) atoms. The number of piperidine rings is 1. The van der Waals surface area contributed by atoms with Gasteiger partial charge in [-0.05, 0) is 87.9 Å². The van der Waals surface area contributed by atoms with Gasteiger partial charge in [-0.1, -0.05) is 13.8 Å². The summed E-state index contributed by atoms with van der Waals surface area (Å²) in [7, 11) is 0. The zero-order chi connectivity index (χ0) is 18.3. The molecule has 4 saturated carbocycles. The molecule has 0 aromatic carbocycles. The highest BCUT2D eigenvalue weighted by Gasteiger charge is 2.55. The summed E-state index contributed by atoms with van der Waals surface area (Å²) >= 11 is 0. The second kappa shape index (κ2) is 7.16. The molecule has 1 saturated heterocycles. The average Bonchev–Trinajstić information content (AvgIpc) is 2.59. The topological polar surface area (TPSA) is 49.4 Å². The second-order valence-corrected chi connectivity index (χ2v) is 10.2. The standard InChI is InChI=1S/C22H36N2O2/c1-15(2)8-19(20(25)24-6-4-3-5-7-24)23-21(26)22-12-16-9-17(13-22)11-18(10-16)14-22/h15-19H,3-14H2,1-2H3,(H,23,26)/t16?,17?,18?,19-,22?/m0/s1. The quantitative estimate of drug-likeness (QED) is 0.812. The predicted octanol–water partition coefficient (Wildman–Crippen LogP) is 3.75. The highest BCUT2D eigenvalue weighted by Crippen LogP contribution is 2.60. The van der Waals surface area contributed by atoms with Gasteiger partial charge in [0.15, 0.2) is 0 Å². The van der Waals surface area contributed by atoms with Gasteiger partial charge in [-0.15, -0.1) is 0 Å². The van der Waals surface area contributed by atoms with Gasteiger partial charge in [-0.2, -0.15) is 0 Å². The molecule has 0 unspecified atom stereocenters. The fourth-order valence-electron chi connectivity index (χ4n) is 6.73. The Hall–Kier alpha value is -1.06. The van der Waals surface area contributed by atoms with Crippen LogP contribution in [0.2, 0.25) is 0 Å². The van der Waals surface area contributed by atoms with Crippen LogP contribution in [0.4, 0.5) is 0 Å². The molecule has 0 radical (unpaired) electrons. The Morgan fingerprint density at radius 1 is 0.962 bits per heavy atom. The van der Waals surface area contributed by atoms with Crippen molar-refractivity contribution in [2.24, 2.45) is 29.1 Å². The molecule has 2 amide bonds. The lowest BCUT2D eigenvalue weighted by Crippen LogP contribution is -2.58. The molecule has 0 aromatic heterocycles. The maximum Gasteiger partial charge on any atom is 0.245 e. The molecule has 0 spiro atoms. The van der Waals surface area contributed by atoms with Gasteiger partial charge in [0.25, 0.3) is 0 Å². The molecule has 5 rings (SSSR count). The minimum absolute atomic E-state index is 0.161. The summed E-state index contributed by atoms with van der Waals surface area (Å²) in [6.07, 6.45) is 11.4. The smallest absolute Gasteiger partial charge is 0.245 e. The van der Waals surface area contributed by atoms with E-state index in [1.165, 1.54) is 25.7 Å². The van der Waals surface area contributed by atoms with Crippen molar-refractivity contribution >= 4 is 11.8 Å². The van der Waals surface area contributed by atoms with E-state index in [0.717, 1.165) is 69.4 Å². The van der Waals surface area contributed by atoms with Crippen LogP contribution in [0.5, 0.6) is 0 Å². The van der Waals surface area contributed by atoms with E-state index >= 15 is 0 Å². The number of hydrogen-bond acceptors (Lipinski definition) is 2. The molecule has 1 heterocycles. The largest absolute Gasteiger partial charge is 0.344 e. The van der Waals surface area contributed by atoms with Crippen LogP contribution in [0, 0.1) is 29.1 Å². The molecule has 5 fully saturated rings. The molecule has 4 bridgehead atoms. The summed E-state index contributed by atoms with van der Waals surface area (Å²) in [4.78, 5) is 28.5. The summed E-state index contributed by atoms with van der Waals surface area (Å²) in [5.74, 6) is 3.05. The number of rotatable bonds is 5. The van der Waals surface area contributed by atoms with E-state index in [1.54, 1.807) is 0 Å². The first-order chi connectivity index (χ1) is 12.4. The zero-order valence-electron chi connectivity index (χ0n) is 16.6. The molecular weight excluding hydrogens is 324 g/mol. The highest BCUT2D eigenvalue weighted by atomic mass is 16.2. The molecular formula is C22H36N2O2. The Balaban J connectivity index is 1.46. The van der Waals surface area contributed by atoms with Gasteiger partial charge in [0, 0.05) is 18.5 Å². The van der Waals surface area contributed by atoms with E-state index in [2.05, 4.69) is 19.2 Å². The zero-order valence-corrected chi connectivity index (χ0v) is 16.6. The van der Waals surface area contributed by atoms with Crippen molar-refractivity contribution in [3.8, 4) is 0 Å². The molecule has 4 nitrogen and oxygen atoms in total. The number of likely N-dealkylation sites (tertiary alicyclic amines) is 1. The summed E-state index contributed by atoms with van der Waals surface area (Å²) < 4.78 is 0. The van der Waals surface area contributed by atoms with Gasteiger partial charge in [-0.25, -0.2) is 0 Å². The molecule has 146 valence electrons. The fourth-order valence-corrected chi connectivity index (χ4v) is 6.73. The molecule has 4 aliphatic carbocycles. The fraction of sp³-hybridized carbons (Fsp3) is 0.909. The number of amides is 2. The van der Waals surface area contributed by atoms with Crippen molar-refractivity contribution in [2.45, 2.75) is 84.1 Å². The highest BCUT2D eigenvalue weighted by molar-refractivity contribution is 5.90. The average molecular weight is 361 g/mol. The van der Waals surface area contributed by atoms with Crippen LogP contribution in [-0.2, 0) is 9.59 Å². The van der Waals surface area contributed by atoms with Gasteiger partial charge in [0.05, 0.1) is 0 Å². The van der Waals surface area contributed by atoms with Gasteiger partial charge < -0.3 is 10.2 Å². The Labute approximate surface area is 158 Å². The monoisotopic (exact) mass is 360 g/mol. The van der Waals surface area contributed by atoms with Crippen LogP contribution < -0.4 is 5.32 Å². The van der Waals surface area contributed by atoms with E-state index < -0.39 is 0 Å². The summed E-state index contributed by atoms with van der Waals surface area (Å²) in [6.45, 7) is 6.02. The molecule has 5 aliphatic rings. The normalized spacial score (nSPS) is 37.0. The van der Waals surface area contributed by atoms with Crippen LogP contribution in [0.15, 0.2) is 0 Å². The number of carbonyl (C=O) groups excluding carboxylic acids is 2. The van der Waals surface area contributed by atoms with Crippen LogP contribution in [-0.4, -0.2) is 35.8 Å². The summed E-state index contributed by atoms with van der Waals surface area (Å²) in [5.41, 5.74) is -0.161. The molecule has 1 atom stereocenters. The first-order valence-electron chi connectivity index (χ1n) is 11.0. The van der Waals surface area contributed by atoms with Crippen molar-refractivity contribution < 1.29 is 9.59 Å². The lowest BCUT2D eigenvalue weighted by molar-refractivity contribution is -0.150. The van der Waals surface area contributed by atoms with Crippen molar-refractivity contribution in [1.29, 1.82) is 0 Å². The Morgan fingerprint density at radius 3 is 2.00 bits per heavy atom. The summed E-state index contributed by atoms with van der Waals surface area (Å²) in [6, 6.07) is -0.325. The third-order valence-corrected chi connectivity index (χ3v) is 7.50. The van der Waals surface area contributed by atoms with E-state index in [4.69, 9.17) is 0 Å². The van der Waals surface area contributed by atoms with Crippen molar-refractivity contribution in [3.63, 3.8) is 0 Å². The Kier molecular flexibility index (Phi) is 5.04. The third kappa shape index (κ3) is 3.53. The Morgan fingerprint density at radius 2 is 1.50 bits per heavy atom. The van der Waals surface area contributed by atoms with E-state index in [1.807, 2.05) is 4.90 Å². The number of hydrogen-bond donors (Lipinski definition) is 1. The van der Waals surface area contributed by atoms with Gasteiger partial charge in [0.2, 0.25) is 11.8 Å². The predicted molar refractivity (Wildman–Crippen MR) is 102 cm³/mol. The van der Waals surface area contributed by atoms with Gasteiger partial charge in [0.1, 0.15) is 6.04 Å². The first kappa shape index (κ1) is 18.3. The summed E-state index contributed by atoms with van der Waals surface area (Å²) in [5, 5.41) is 3.27. The molecule has 1 aliphatic heterocycles. The van der Waals surface area contributed by atoms with Gasteiger partial charge >= 0.3 is 0 Å². The molecule has 4 heteroatoms. The first-order valence-corrected chi connectivity index (χ1v) is 11.0. The third-order valence-electron chi connectivity index (χ3n) is 7.50. The lowest BCUT2D eigenvalue weighted by Gasteiger charge is -2.55. The van der Waals surface area contributed by atoms with E-state index in [0.29, 0.717) is 5.92 Å². The molecule has 0 aromatic rings. The van der Waals surface area contributed by atoms with Crippen molar-refractivity contribution in [1.82, 2.24) is 10.2 Å². The SMILES string of the molecule is CC(C)C[C@H](NC(=O)C12CC3CC(CC(C3)C1)C2)C(=O)N1CCCCC1. The second-order valence-electron chi connectivity index (χ2n) is 10.2. The minimum atomic E-state index is -0.325. The van der Waals surface area contributed by atoms with E-state index in [-0.39, 0.29) is 23.3 Å². The van der Waals surface area contributed by atoms with Crippen LogP contribution in [0.3, 0.4) is 0 Å².